The molecule has 2 nitrogen and oxygen atoms in total. The van der Waals surface area contributed by atoms with Gasteiger partial charge >= 0.3 is 0 Å². The highest BCUT2D eigenvalue weighted by atomic mass is 14.7. The molecule has 0 bridgehead atoms. The summed E-state index contributed by atoms with van der Waals surface area (Å²) in [5.74, 6) is 0. The van der Waals surface area contributed by atoms with E-state index in [1.807, 2.05) is 12.4 Å². The Hall–Kier alpha value is -5.60. The van der Waals surface area contributed by atoms with Crippen LogP contribution in [0.5, 0.6) is 0 Å². The number of rotatable bonds is 4. The van der Waals surface area contributed by atoms with Gasteiger partial charge in [0.25, 0.3) is 0 Å². The first-order valence-corrected chi connectivity index (χ1v) is 14.2. The van der Waals surface area contributed by atoms with Gasteiger partial charge in [-0.15, -0.1) is 0 Å². The van der Waals surface area contributed by atoms with Crippen molar-refractivity contribution in [3.05, 3.63) is 158 Å². The number of benzene rings is 6. The Balaban J connectivity index is 1.23. The molecular weight excluding hydrogens is 508 g/mol. The highest BCUT2D eigenvalue weighted by Gasteiger charge is 2.13. The topological polar surface area (TPSA) is 25.8 Å². The molecule has 0 aliphatic carbocycles. The van der Waals surface area contributed by atoms with Gasteiger partial charge in [-0.3, -0.25) is 4.98 Å². The molecule has 0 unspecified atom stereocenters. The predicted octanol–water partition coefficient (Wildman–Crippen LogP) is 10.6. The van der Waals surface area contributed by atoms with Crippen LogP contribution >= 0.6 is 0 Å². The van der Waals surface area contributed by atoms with Gasteiger partial charge < -0.3 is 0 Å². The van der Waals surface area contributed by atoms with E-state index >= 15 is 0 Å². The fraction of sp³-hybridized carbons (Fsp3) is 0. The fourth-order valence-electron chi connectivity index (χ4n) is 6.08. The predicted molar refractivity (Wildman–Crippen MR) is 176 cm³/mol. The maximum absolute atomic E-state index is 5.19. The van der Waals surface area contributed by atoms with Crippen molar-refractivity contribution < 1.29 is 0 Å². The second-order valence-electron chi connectivity index (χ2n) is 10.7. The van der Waals surface area contributed by atoms with Crippen LogP contribution in [0.3, 0.4) is 0 Å². The first-order valence-electron chi connectivity index (χ1n) is 14.2. The first kappa shape index (κ1) is 24.2. The number of hydrogen-bond acceptors (Lipinski definition) is 2. The zero-order valence-electron chi connectivity index (χ0n) is 22.9. The highest BCUT2D eigenvalue weighted by Crippen LogP contribution is 2.37. The maximum Gasteiger partial charge on any atom is 0.0722 e. The molecule has 0 saturated heterocycles. The van der Waals surface area contributed by atoms with Crippen LogP contribution in [0.25, 0.3) is 77.1 Å². The van der Waals surface area contributed by atoms with Crippen LogP contribution in [0.4, 0.5) is 0 Å². The normalized spacial score (nSPS) is 11.3. The molecule has 0 N–H and O–H groups in total. The van der Waals surface area contributed by atoms with Crippen LogP contribution in [0.2, 0.25) is 0 Å². The second kappa shape index (κ2) is 10.1. The Kier molecular flexibility index (Phi) is 5.82. The molecule has 42 heavy (non-hydrogen) atoms. The van der Waals surface area contributed by atoms with Crippen LogP contribution < -0.4 is 0 Å². The van der Waals surface area contributed by atoms with E-state index < -0.39 is 0 Å². The molecule has 0 spiro atoms. The fourth-order valence-corrected chi connectivity index (χ4v) is 6.08. The number of pyridine rings is 2. The average molecular weight is 535 g/mol. The summed E-state index contributed by atoms with van der Waals surface area (Å²) in [7, 11) is 0. The van der Waals surface area contributed by atoms with E-state index in [1.54, 1.807) is 0 Å². The lowest BCUT2D eigenvalue weighted by Gasteiger charge is -2.14. The van der Waals surface area contributed by atoms with E-state index in [4.69, 9.17) is 4.98 Å². The van der Waals surface area contributed by atoms with Crippen molar-refractivity contribution >= 4 is 32.4 Å². The molecule has 196 valence electrons. The van der Waals surface area contributed by atoms with Gasteiger partial charge in [0.2, 0.25) is 0 Å². The standard InChI is InChI=1S/C40H26N2/c1-2-8-28(9-3-1)37-25-39(42-38-21-20-29-10-4-5-14-36(29)40(37)38)32-12-6-11-31(24-32)27-16-18-30(19-17-27)34-15-7-13-33-26-41-23-22-35(33)34/h1-26H. The maximum atomic E-state index is 5.19. The SMILES string of the molecule is c1ccc(-c2cc(-c3cccc(-c4ccc(-c5cccc6cnccc56)cc4)c3)nc3ccc4ccccc4c23)cc1. The van der Waals surface area contributed by atoms with Crippen molar-refractivity contribution in [2.24, 2.45) is 0 Å². The lowest BCUT2D eigenvalue weighted by molar-refractivity contribution is 1.36. The van der Waals surface area contributed by atoms with Gasteiger partial charge in [0.15, 0.2) is 0 Å². The minimum atomic E-state index is 0.972. The van der Waals surface area contributed by atoms with Gasteiger partial charge in [-0.05, 0) is 73.8 Å². The van der Waals surface area contributed by atoms with Gasteiger partial charge in [-0.25, -0.2) is 4.98 Å². The molecule has 2 heterocycles. The monoisotopic (exact) mass is 534 g/mol. The summed E-state index contributed by atoms with van der Waals surface area (Å²) in [5, 5.41) is 6.01. The third-order valence-corrected chi connectivity index (χ3v) is 8.15. The highest BCUT2D eigenvalue weighted by molar-refractivity contribution is 6.13. The second-order valence-corrected chi connectivity index (χ2v) is 10.7. The quantitative estimate of drug-likeness (QED) is 0.210. The molecule has 0 aliphatic rings. The minimum Gasteiger partial charge on any atom is -0.264 e. The number of hydrogen-bond donors (Lipinski definition) is 0. The van der Waals surface area contributed by atoms with E-state index in [1.165, 1.54) is 54.9 Å². The summed E-state index contributed by atoms with van der Waals surface area (Å²) in [5.41, 5.74) is 10.2. The number of aromatic nitrogens is 2. The molecule has 8 aromatic rings. The molecule has 0 atom stereocenters. The van der Waals surface area contributed by atoms with Crippen molar-refractivity contribution in [1.29, 1.82) is 0 Å². The lowest BCUT2D eigenvalue weighted by Crippen LogP contribution is -1.92. The molecule has 2 heteroatoms. The molecule has 0 saturated carbocycles. The Morgan fingerprint density at radius 3 is 2.02 bits per heavy atom. The van der Waals surface area contributed by atoms with E-state index in [2.05, 4.69) is 151 Å². The molecule has 0 radical (unpaired) electrons. The van der Waals surface area contributed by atoms with E-state index in [0.717, 1.165) is 22.2 Å². The summed E-state index contributed by atoms with van der Waals surface area (Å²) in [6.07, 6.45) is 3.78. The van der Waals surface area contributed by atoms with E-state index in [0.29, 0.717) is 0 Å². The largest absolute Gasteiger partial charge is 0.264 e. The van der Waals surface area contributed by atoms with Gasteiger partial charge in [0, 0.05) is 28.7 Å². The third-order valence-electron chi connectivity index (χ3n) is 8.15. The van der Waals surface area contributed by atoms with Crippen molar-refractivity contribution in [3.63, 3.8) is 0 Å². The Morgan fingerprint density at radius 2 is 1.12 bits per heavy atom. The summed E-state index contributed by atoms with van der Waals surface area (Å²) >= 11 is 0. The first-order chi connectivity index (χ1) is 20.8. The van der Waals surface area contributed by atoms with Gasteiger partial charge in [0.1, 0.15) is 0 Å². The summed E-state index contributed by atoms with van der Waals surface area (Å²) in [4.78, 5) is 9.48. The van der Waals surface area contributed by atoms with Crippen molar-refractivity contribution in [2.45, 2.75) is 0 Å². The van der Waals surface area contributed by atoms with Crippen molar-refractivity contribution in [3.8, 4) is 44.6 Å². The van der Waals surface area contributed by atoms with Crippen LogP contribution in [0, 0.1) is 0 Å². The Bertz CT molecular complexity index is 2230. The smallest absolute Gasteiger partial charge is 0.0722 e. The average Bonchev–Trinajstić information content (AvgIpc) is 3.08. The van der Waals surface area contributed by atoms with Crippen LogP contribution in [-0.4, -0.2) is 9.97 Å². The Morgan fingerprint density at radius 1 is 0.405 bits per heavy atom. The Labute approximate surface area is 244 Å². The lowest BCUT2D eigenvalue weighted by atomic mass is 9.93. The van der Waals surface area contributed by atoms with Gasteiger partial charge in [-0.1, -0.05) is 121 Å². The zero-order valence-corrected chi connectivity index (χ0v) is 22.9. The van der Waals surface area contributed by atoms with Gasteiger partial charge in [0.05, 0.1) is 11.2 Å². The van der Waals surface area contributed by atoms with Crippen molar-refractivity contribution in [1.82, 2.24) is 9.97 Å². The molecule has 0 aliphatic heterocycles. The molecular formula is C40H26N2. The summed E-state index contributed by atoms with van der Waals surface area (Å²) < 4.78 is 0. The summed E-state index contributed by atoms with van der Waals surface area (Å²) in [6.45, 7) is 0. The molecule has 2 aromatic heterocycles. The van der Waals surface area contributed by atoms with Crippen LogP contribution in [0.15, 0.2) is 158 Å². The van der Waals surface area contributed by atoms with E-state index in [-0.39, 0.29) is 0 Å². The zero-order chi connectivity index (χ0) is 27.9. The van der Waals surface area contributed by atoms with Gasteiger partial charge in [-0.2, -0.15) is 0 Å². The molecule has 0 amide bonds. The number of nitrogens with zero attached hydrogens (tertiary/aromatic N) is 2. The summed E-state index contributed by atoms with van der Waals surface area (Å²) in [6, 6.07) is 51.8. The third kappa shape index (κ3) is 4.22. The van der Waals surface area contributed by atoms with Crippen LogP contribution in [0.1, 0.15) is 0 Å². The minimum absolute atomic E-state index is 0.972. The van der Waals surface area contributed by atoms with E-state index in [9.17, 15) is 0 Å². The van der Waals surface area contributed by atoms with Crippen LogP contribution in [-0.2, 0) is 0 Å². The molecule has 8 rings (SSSR count). The van der Waals surface area contributed by atoms with Crippen molar-refractivity contribution in [2.75, 3.05) is 0 Å². The molecule has 6 aromatic carbocycles. The number of fused-ring (bicyclic) bond motifs is 4. The molecule has 0 fully saturated rings.